The molecule has 1 aromatic carbocycles. The zero-order valence-electron chi connectivity index (χ0n) is 9.98. The topological polar surface area (TPSA) is 46.2 Å². The van der Waals surface area contributed by atoms with Crippen LogP contribution in [0.5, 0.6) is 0 Å². The predicted octanol–water partition coefficient (Wildman–Crippen LogP) is 3.33. The molecule has 1 N–H and O–H groups in total. The zero-order valence-corrected chi connectivity index (χ0v) is 12.4. The molecule has 102 valence electrons. The van der Waals surface area contributed by atoms with Crippen molar-refractivity contribution < 1.29 is 12.8 Å². The van der Waals surface area contributed by atoms with Gasteiger partial charge in [0, 0.05) is 6.54 Å². The van der Waals surface area contributed by atoms with Gasteiger partial charge in [-0.25, -0.2) is 17.5 Å². The molecule has 3 nitrogen and oxygen atoms in total. The first kappa shape index (κ1) is 14.5. The van der Waals surface area contributed by atoms with Crippen LogP contribution in [0, 0.1) is 12.7 Å². The lowest BCUT2D eigenvalue weighted by molar-refractivity contribution is 0.583. The van der Waals surface area contributed by atoms with Gasteiger partial charge in [0.25, 0.3) is 0 Å². The number of rotatable bonds is 4. The summed E-state index contributed by atoms with van der Waals surface area (Å²) in [5, 5.41) is 0. The molecule has 2 aromatic rings. The summed E-state index contributed by atoms with van der Waals surface area (Å²) in [5.41, 5.74) is 1.18. The minimum atomic E-state index is -3.57. The van der Waals surface area contributed by atoms with Crippen LogP contribution in [0.4, 0.5) is 4.39 Å². The molecule has 0 atom stereocenters. The van der Waals surface area contributed by atoms with E-state index in [-0.39, 0.29) is 16.6 Å². The van der Waals surface area contributed by atoms with E-state index in [9.17, 15) is 12.8 Å². The molecule has 2 rings (SSSR count). The second kappa shape index (κ2) is 5.58. The first-order valence-corrected chi connectivity index (χ1v) is 8.06. The summed E-state index contributed by atoms with van der Waals surface area (Å²) in [6.45, 7) is 1.74. The molecule has 0 fully saturated rings. The minimum absolute atomic E-state index is 0.110. The van der Waals surface area contributed by atoms with Gasteiger partial charge >= 0.3 is 0 Å². The highest BCUT2D eigenvalue weighted by atomic mass is 35.5. The SMILES string of the molecule is Cc1cc(CNS(=O)(=O)c2ccc(Cl)s2)ccc1F. The molecule has 0 unspecified atom stereocenters. The molecule has 1 aromatic heterocycles. The summed E-state index contributed by atoms with van der Waals surface area (Å²) < 4.78 is 40.0. The third-order valence-electron chi connectivity index (χ3n) is 2.50. The highest BCUT2D eigenvalue weighted by Gasteiger charge is 2.16. The average Bonchev–Trinajstić information content (AvgIpc) is 2.78. The van der Waals surface area contributed by atoms with Gasteiger partial charge < -0.3 is 0 Å². The molecule has 0 aliphatic rings. The molecule has 0 bridgehead atoms. The zero-order chi connectivity index (χ0) is 14.0. The van der Waals surface area contributed by atoms with E-state index in [1.807, 2.05) is 0 Å². The highest BCUT2D eigenvalue weighted by molar-refractivity contribution is 7.91. The lowest BCUT2D eigenvalue weighted by atomic mass is 10.1. The molecule has 7 heteroatoms. The Hall–Kier alpha value is -0.950. The Morgan fingerprint density at radius 3 is 2.63 bits per heavy atom. The molecule has 0 aliphatic heterocycles. The summed E-state index contributed by atoms with van der Waals surface area (Å²) in [7, 11) is -3.57. The fourth-order valence-corrected chi connectivity index (χ4v) is 4.05. The van der Waals surface area contributed by atoms with Crippen molar-refractivity contribution in [3.63, 3.8) is 0 Å². The van der Waals surface area contributed by atoms with Gasteiger partial charge in [-0.15, -0.1) is 11.3 Å². The number of halogens is 2. The number of aryl methyl sites for hydroxylation is 1. The maximum atomic E-state index is 13.1. The fourth-order valence-electron chi connectivity index (χ4n) is 1.51. The van der Waals surface area contributed by atoms with E-state index in [1.54, 1.807) is 19.1 Å². The third-order valence-corrected chi connectivity index (χ3v) is 5.63. The van der Waals surface area contributed by atoms with Gasteiger partial charge in [0.15, 0.2) is 0 Å². The Labute approximate surface area is 120 Å². The van der Waals surface area contributed by atoms with Crippen LogP contribution >= 0.6 is 22.9 Å². The van der Waals surface area contributed by atoms with Crippen molar-refractivity contribution in [3.05, 3.63) is 51.6 Å². The number of hydrogen-bond acceptors (Lipinski definition) is 3. The summed E-state index contributed by atoms with van der Waals surface area (Å²) in [4.78, 5) is 0. The summed E-state index contributed by atoms with van der Waals surface area (Å²) in [6.07, 6.45) is 0. The van der Waals surface area contributed by atoms with Gasteiger partial charge in [0.2, 0.25) is 10.0 Å². The third kappa shape index (κ3) is 3.54. The van der Waals surface area contributed by atoms with Crippen LogP contribution in [0.3, 0.4) is 0 Å². The van der Waals surface area contributed by atoms with E-state index in [0.717, 1.165) is 11.3 Å². The van der Waals surface area contributed by atoms with Crippen molar-refractivity contribution in [2.45, 2.75) is 17.7 Å². The molecular formula is C12H11ClFNO2S2. The Morgan fingerprint density at radius 2 is 2.05 bits per heavy atom. The summed E-state index contributed by atoms with van der Waals surface area (Å²) in [6, 6.07) is 7.46. The number of nitrogens with one attached hydrogen (secondary N) is 1. The van der Waals surface area contributed by atoms with Gasteiger partial charge in [-0.05, 0) is 36.2 Å². The monoisotopic (exact) mass is 319 g/mol. The Bertz CT molecular complexity index is 698. The molecule has 0 saturated carbocycles. The smallest absolute Gasteiger partial charge is 0.207 e. The van der Waals surface area contributed by atoms with Crippen molar-refractivity contribution in [1.82, 2.24) is 4.72 Å². The lowest BCUT2D eigenvalue weighted by Crippen LogP contribution is -2.22. The van der Waals surface area contributed by atoms with Crippen molar-refractivity contribution in [2.75, 3.05) is 0 Å². The Morgan fingerprint density at radius 1 is 1.32 bits per heavy atom. The number of thiophene rings is 1. The molecule has 1 heterocycles. The Balaban J connectivity index is 2.11. The minimum Gasteiger partial charge on any atom is -0.207 e. The number of hydrogen-bond donors (Lipinski definition) is 1. The second-order valence-electron chi connectivity index (χ2n) is 3.97. The van der Waals surface area contributed by atoms with Crippen molar-refractivity contribution >= 4 is 33.0 Å². The highest BCUT2D eigenvalue weighted by Crippen LogP contribution is 2.25. The lowest BCUT2D eigenvalue weighted by Gasteiger charge is -2.06. The van der Waals surface area contributed by atoms with Crippen LogP contribution in [0.15, 0.2) is 34.5 Å². The van der Waals surface area contributed by atoms with Crippen LogP contribution < -0.4 is 4.72 Å². The maximum absolute atomic E-state index is 13.1. The average molecular weight is 320 g/mol. The van der Waals surface area contributed by atoms with Gasteiger partial charge in [-0.1, -0.05) is 23.7 Å². The summed E-state index contributed by atoms with van der Waals surface area (Å²) in [5.74, 6) is -0.309. The van der Waals surface area contributed by atoms with E-state index in [0.29, 0.717) is 15.5 Å². The summed E-state index contributed by atoms with van der Waals surface area (Å²) >= 11 is 6.70. The van der Waals surface area contributed by atoms with Crippen LogP contribution in [-0.2, 0) is 16.6 Å². The van der Waals surface area contributed by atoms with Crippen molar-refractivity contribution in [1.29, 1.82) is 0 Å². The molecule has 0 spiro atoms. The van der Waals surface area contributed by atoms with E-state index < -0.39 is 10.0 Å². The van der Waals surface area contributed by atoms with Crippen LogP contribution in [0.25, 0.3) is 0 Å². The van der Waals surface area contributed by atoms with Crippen LogP contribution in [-0.4, -0.2) is 8.42 Å². The molecular weight excluding hydrogens is 309 g/mol. The van der Waals surface area contributed by atoms with Crippen LogP contribution in [0.2, 0.25) is 4.34 Å². The fraction of sp³-hybridized carbons (Fsp3) is 0.167. The van der Waals surface area contributed by atoms with E-state index >= 15 is 0 Å². The van der Waals surface area contributed by atoms with Gasteiger partial charge in [-0.2, -0.15) is 0 Å². The Kier molecular flexibility index (Phi) is 4.25. The van der Waals surface area contributed by atoms with Gasteiger partial charge in [-0.3, -0.25) is 0 Å². The van der Waals surface area contributed by atoms with Crippen molar-refractivity contribution in [2.24, 2.45) is 0 Å². The largest absolute Gasteiger partial charge is 0.250 e. The predicted molar refractivity (Wildman–Crippen MR) is 74.5 cm³/mol. The second-order valence-corrected chi connectivity index (χ2v) is 7.68. The van der Waals surface area contributed by atoms with Gasteiger partial charge in [0.1, 0.15) is 10.0 Å². The standard InChI is InChI=1S/C12H11ClFNO2S2/c1-8-6-9(2-3-10(8)14)7-15-19(16,17)12-5-4-11(13)18-12/h2-6,15H,7H2,1H3. The first-order chi connectivity index (χ1) is 8.88. The molecule has 0 radical (unpaired) electrons. The van der Waals surface area contributed by atoms with Gasteiger partial charge in [0.05, 0.1) is 4.34 Å². The maximum Gasteiger partial charge on any atom is 0.250 e. The first-order valence-electron chi connectivity index (χ1n) is 5.38. The number of benzene rings is 1. The molecule has 0 saturated heterocycles. The van der Waals surface area contributed by atoms with Crippen LogP contribution in [0.1, 0.15) is 11.1 Å². The molecule has 0 aliphatic carbocycles. The van der Waals surface area contributed by atoms with E-state index in [4.69, 9.17) is 11.6 Å². The molecule has 19 heavy (non-hydrogen) atoms. The van der Waals surface area contributed by atoms with E-state index in [2.05, 4.69) is 4.72 Å². The molecule has 0 amide bonds. The van der Waals surface area contributed by atoms with Crippen molar-refractivity contribution in [3.8, 4) is 0 Å². The quantitative estimate of drug-likeness (QED) is 0.939. The normalized spacial score (nSPS) is 11.7. The van der Waals surface area contributed by atoms with E-state index in [1.165, 1.54) is 18.2 Å². The number of sulfonamides is 1.